The van der Waals surface area contributed by atoms with E-state index in [0.717, 1.165) is 30.6 Å². The molecule has 1 aromatic heterocycles. The fourth-order valence-electron chi connectivity index (χ4n) is 1.80. The molecular formula is C11H17N3O2S. The first-order valence-electron chi connectivity index (χ1n) is 5.66. The van der Waals surface area contributed by atoms with E-state index in [2.05, 4.69) is 15.3 Å². The lowest BCUT2D eigenvalue weighted by atomic mass is 10.1. The molecule has 1 N–H and O–H groups in total. The Balaban J connectivity index is 2.28. The van der Waals surface area contributed by atoms with Crippen LogP contribution in [-0.2, 0) is 22.1 Å². The molecule has 0 atom stereocenters. The lowest BCUT2D eigenvalue weighted by Crippen LogP contribution is -2.12. The predicted molar refractivity (Wildman–Crippen MR) is 65.3 cm³/mol. The zero-order chi connectivity index (χ0) is 12.5. The molecule has 1 fully saturated rings. The Bertz CT molecular complexity index is 509. The van der Waals surface area contributed by atoms with Crippen LogP contribution in [0.25, 0.3) is 0 Å². The second kappa shape index (κ2) is 4.70. The van der Waals surface area contributed by atoms with Crippen molar-refractivity contribution >= 4 is 9.84 Å². The topological polar surface area (TPSA) is 72.0 Å². The van der Waals surface area contributed by atoms with Gasteiger partial charge >= 0.3 is 0 Å². The summed E-state index contributed by atoms with van der Waals surface area (Å²) in [4.78, 5) is 8.53. The number of hydrogen-bond donors (Lipinski definition) is 1. The lowest BCUT2D eigenvalue weighted by molar-refractivity contribution is 0.599. The summed E-state index contributed by atoms with van der Waals surface area (Å²) in [6, 6.07) is 0. The Morgan fingerprint density at radius 2 is 2.18 bits per heavy atom. The molecule has 0 aliphatic heterocycles. The van der Waals surface area contributed by atoms with E-state index in [1.54, 1.807) is 6.20 Å². The normalized spacial score (nSPS) is 16.1. The van der Waals surface area contributed by atoms with Gasteiger partial charge in [0, 0.05) is 30.5 Å². The number of hydrogen-bond acceptors (Lipinski definition) is 5. The van der Waals surface area contributed by atoms with E-state index >= 15 is 0 Å². The molecule has 0 aromatic carbocycles. The molecule has 0 saturated heterocycles. The zero-order valence-corrected chi connectivity index (χ0v) is 10.9. The molecule has 1 aliphatic rings. The van der Waals surface area contributed by atoms with Gasteiger partial charge in [0.2, 0.25) is 0 Å². The standard InChI is InChI=1S/C11H17N3O2S/c1-12-5-9-6-13-10(7-17(2,15)16)14-11(9)8-3-4-8/h6,8,12H,3-5,7H2,1-2H3. The fourth-order valence-corrected chi connectivity index (χ4v) is 2.41. The summed E-state index contributed by atoms with van der Waals surface area (Å²) in [5, 5.41) is 3.08. The first-order chi connectivity index (χ1) is 7.99. The molecular weight excluding hydrogens is 238 g/mol. The van der Waals surface area contributed by atoms with Crippen LogP contribution in [0.2, 0.25) is 0 Å². The number of rotatable bonds is 5. The number of nitrogens with one attached hydrogen (secondary N) is 1. The van der Waals surface area contributed by atoms with Crippen molar-refractivity contribution < 1.29 is 8.42 Å². The Morgan fingerprint density at radius 1 is 1.47 bits per heavy atom. The third-order valence-corrected chi connectivity index (χ3v) is 3.45. The minimum atomic E-state index is -3.06. The Kier molecular flexibility index (Phi) is 3.44. The maximum Gasteiger partial charge on any atom is 0.154 e. The highest BCUT2D eigenvalue weighted by Crippen LogP contribution is 2.40. The van der Waals surface area contributed by atoms with Crippen molar-refractivity contribution in [3.8, 4) is 0 Å². The molecule has 0 amide bonds. The van der Waals surface area contributed by atoms with Crippen LogP contribution in [0.4, 0.5) is 0 Å². The summed E-state index contributed by atoms with van der Waals surface area (Å²) < 4.78 is 22.4. The number of sulfone groups is 1. The summed E-state index contributed by atoms with van der Waals surface area (Å²) in [5.74, 6) is 0.834. The first kappa shape index (κ1) is 12.4. The predicted octanol–water partition coefficient (Wildman–Crippen LogP) is 0.618. The molecule has 0 unspecified atom stereocenters. The number of aromatic nitrogens is 2. The van der Waals surface area contributed by atoms with Gasteiger partial charge in [-0.3, -0.25) is 0 Å². The van der Waals surface area contributed by atoms with Gasteiger partial charge in [0.1, 0.15) is 11.6 Å². The Morgan fingerprint density at radius 3 is 2.71 bits per heavy atom. The third-order valence-electron chi connectivity index (χ3n) is 2.67. The highest BCUT2D eigenvalue weighted by Gasteiger charge is 2.28. The first-order valence-corrected chi connectivity index (χ1v) is 7.72. The van der Waals surface area contributed by atoms with E-state index in [1.165, 1.54) is 6.26 Å². The van der Waals surface area contributed by atoms with E-state index in [1.807, 2.05) is 7.05 Å². The third kappa shape index (κ3) is 3.47. The van der Waals surface area contributed by atoms with Crippen molar-refractivity contribution in [1.82, 2.24) is 15.3 Å². The Hall–Kier alpha value is -1.01. The fraction of sp³-hybridized carbons (Fsp3) is 0.636. The second-order valence-electron chi connectivity index (χ2n) is 4.57. The minimum absolute atomic E-state index is 0.0768. The molecule has 1 aromatic rings. The van der Waals surface area contributed by atoms with Crippen LogP contribution in [-0.4, -0.2) is 31.7 Å². The van der Waals surface area contributed by atoms with Gasteiger partial charge in [-0.05, 0) is 19.9 Å². The quantitative estimate of drug-likeness (QED) is 0.835. The smallest absolute Gasteiger partial charge is 0.154 e. The number of nitrogens with zero attached hydrogens (tertiary/aromatic N) is 2. The van der Waals surface area contributed by atoms with Gasteiger partial charge in [-0.1, -0.05) is 0 Å². The van der Waals surface area contributed by atoms with Crippen molar-refractivity contribution in [2.75, 3.05) is 13.3 Å². The van der Waals surface area contributed by atoms with E-state index in [4.69, 9.17) is 0 Å². The lowest BCUT2D eigenvalue weighted by Gasteiger charge is -2.08. The van der Waals surface area contributed by atoms with Crippen molar-refractivity contribution in [2.24, 2.45) is 0 Å². The van der Waals surface area contributed by atoms with E-state index in [0.29, 0.717) is 11.7 Å². The van der Waals surface area contributed by atoms with Crippen molar-refractivity contribution in [3.05, 3.63) is 23.3 Å². The molecule has 17 heavy (non-hydrogen) atoms. The van der Waals surface area contributed by atoms with Gasteiger partial charge in [0.05, 0.1) is 5.69 Å². The van der Waals surface area contributed by atoms with Gasteiger partial charge in [-0.2, -0.15) is 0 Å². The summed E-state index contributed by atoms with van der Waals surface area (Å²) >= 11 is 0. The molecule has 1 saturated carbocycles. The average molecular weight is 255 g/mol. The summed E-state index contributed by atoms with van der Waals surface area (Å²) in [6.07, 6.45) is 5.24. The second-order valence-corrected chi connectivity index (χ2v) is 6.71. The van der Waals surface area contributed by atoms with E-state index in [-0.39, 0.29) is 5.75 Å². The van der Waals surface area contributed by atoms with Crippen LogP contribution in [0.5, 0.6) is 0 Å². The van der Waals surface area contributed by atoms with Crippen LogP contribution in [0.1, 0.15) is 35.8 Å². The Labute approximate surface area is 102 Å². The SMILES string of the molecule is CNCc1cnc(CS(C)(=O)=O)nc1C1CC1. The highest BCUT2D eigenvalue weighted by atomic mass is 32.2. The van der Waals surface area contributed by atoms with Crippen LogP contribution in [0, 0.1) is 0 Å². The molecule has 5 nitrogen and oxygen atoms in total. The van der Waals surface area contributed by atoms with Crippen molar-refractivity contribution in [1.29, 1.82) is 0 Å². The van der Waals surface area contributed by atoms with Crippen LogP contribution >= 0.6 is 0 Å². The van der Waals surface area contributed by atoms with Crippen molar-refractivity contribution in [3.63, 3.8) is 0 Å². The monoisotopic (exact) mass is 255 g/mol. The minimum Gasteiger partial charge on any atom is -0.316 e. The van der Waals surface area contributed by atoms with E-state index in [9.17, 15) is 8.42 Å². The van der Waals surface area contributed by atoms with E-state index < -0.39 is 9.84 Å². The van der Waals surface area contributed by atoms with Crippen LogP contribution < -0.4 is 5.32 Å². The summed E-state index contributed by atoms with van der Waals surface area (Å²) in [5.41, 5.74) is 2.10. The highest BCUT2D eigenvalue weighted by molar-refractivity contribution is 7.89. The molecule has 1 heterocycles. The maximum atomic E-state index is 11.2. The van der Waals surface area contributed by atoms with Gasteiger partial charge in [-0.15, -0.1) is 0 Å². The molecule has 2 rings (SSSR count). The summed E-state index contributed by atoms with van der Waals surface area (Å²) in [7, 11) is -1.19. The van der Waals surface area contributed by atoms with Gasteiger partial charge in [0.25, 0.3) is 0 Å². The molecule has 0 bridgehead atoms. The average Bonchev–Trinajstić information content (AvgIpc) is 3.02. The zero-order valence-electron chi connectivity index (χ0n) is 10.1. The molecule has 1 aliphatic carbocycles. The van der Waals surface area contributed by atoms with Gasteiger partial charge < -0.3 is 5.32 Å². The molecule has 0 spiro atoms. The van der Waals surface area contributed by atoms with Crippen molar-refractivity contribution in [2.45, 2.75) is 31.1 Å². The van der Waals surface area contributed by atoms with Gasteiger partial charge in [-0.25, -0.2) is 18.4 Å². The van der Waals surface area contributed by atoms with Gasteiger partial charge in [0.15, 0.2) is 9.84 Å². The summed E-state index contributed by atoms with van der Waals surface area (Å²) in [6.45, 7) is 0.727. The molecule has 0 radical (unpaired) electrons. The van der Waals surface area contributed by atoms with Crippen LogP contribution in [0.3, 0.4) is 0 Å². The largest absolute Gasteiger partial charge is 0.316 e. The molecule has 94 valence electrons. The maximum absolute atomic E-state index is 11.2. The molecule has 6 heteroatoms. The van der Waals surface area contributed by atoms with Crippen LogP contribution in [0.15, 0.2) is 6.20 Å².